The van der Waals surface area contributed by atoms with Gasteiger partial charge in [-0.1, -0.05) is 0 Å². The molecule has 0 saturated carbocycles. The van der Waals surface area contributed by atoms with E-state index < -0.39 is 23.7 Å². The minimum absolute atomic E-state index is 0.0152. The van der Waals surface area contributed by atoms with Crippen molar-refractivity contribution in [2.75, 3.05) is 6.54 Å². The van der Waals surface area contributed by atoms with Crippen LogP contribution in [0.1, 0.15) is 33.6 Å². The van der Waals surface area contributed by atoms with E-state index in [9.17, 15) is 14.7 Å². The summed E-state index contributed by atoms with van der Waals surface area (Å²) in [4.78, 5) is 25.2. The topological polar surface area (TPSA) is 76.1 Å². The van der Waals surface area contributed by atoms with Crippen LogP contribution in [0.2, 0.25) is 0 Å². The summed E-state index contributed by atoms with van der Waals surface area (Å²) in [5.74, 6) is -0.902. The highest BCUT2D eigenvalue weighted by molar-refractivity contribution is 5.81. The summed E-state index contributed by atoms with van der Waals surface area (Å²) in [6.07, 6.45) is 1.44. The zero-order valence-corrected chi connectivity index (χ0v) is 12.0. The molecule has 0 aromatic rings. The number of ether oxygens (including phenoxy) is 2. The minimum Gasteiger partial charge on any atom is -0.480 e. The second-order valence-corrected chi connectivity index (χ2v) is 6.95. The number of hydrogen-bond acceptors (Lipinski definition) is 4. The van der Waals surface area contributed by atoms with E-state index in [4.69, 9.17) is 9.47 Å². The zero-order valence-electron chi connectivity index (χ0n) is 12.0. The van der Waals surface area contributed by atoms with Crippen LogP contribution in [0.5, 0.6) is 0 Å². The Morgan fingerprint density at radius 1 is 1.25 bits per heavy atom. The molecule has 6 heteroatoms. The van der Waals surface area contributed by atoms with Gasteiger partial charge < -0.3 is 14.6 Å². The van der Waals surface area contributed by atoms with Gasteiger partial charge in [0.15, 0.2) is 0 Å². The molecule has 3 rings (SSSR count). The fourth-order valence-electron chi connectivity index (χ4n) is 3.84. The molecule has 3 aliphatic rings. The first kappa shape index (κ1) is 13.7. The lowest BCUT2D eigenvalue weighted by molar-refractivity contribution is -0.144. The van der Waals surface area contributed by atoms with E-state index in [2.05, 4.69) is 0 Å². The van der Waals surface area contributed by atoms with E-state index >= 15 is 0 Å². The lowest BCUT2D eigenvalue weighted by Crippen LogP contribution is -2.47. The number of fused-ring (bicyclic) bond motifs is 5. The van der Waals surface area contributed by atoms with Crippen molar-refractivity contribution in [1.82, 2.24) is 4.90 Å². The first-order chi connectivity index (χ1) is 9.28. The third-order valence-electron chi connectivity index (χ3n) is 4.48. The van der Waals surface area contributed by atoms with Gasteiger partial charge in [0.05, 0.1) is 12.2 Å². The molecule has 0 spiro atoms. The zero-order chi connectivity index (χ0) is 14.7. The molecular weight excluding hydrogens is 262 g/mol. The van der Waals surface area contributed by atoms with E-state index in [1.807, 2.05) is 0 Å². The Morgan fingerprint density at radius 3 is 2.50 bits per heavy atom. The second-order valence-electron chi connectivity index (χ2n) is 6.95. The Balaban J connectivity index is 1.81. The molecular formula is C14H21NO5. The van der Waals surface area contributed by atoms with Crippen molar-refractivity contribution < 1.29 is 24.2 Å². The fraction of sp³-hybridized carbons (Fsp3) is 0.857. The minimum atomic E-state index is -0.959. The molecule has 2 bridgehead atoms. The van der Waals surface area contributed by atoms with Crippen molar-refractivity contribution in [2.24, 2.45) is 11.8 Å². The first-order valence-electron chi connectivity index (χ1n) is 7.16. The number of nitrogens with zero attached hydrogens (tertiary/aromatic N) is 1. The molecule has 0 radical (unpaired) electrons. The maximum Gasteiger partial charge on any atom is 0.411 e. The van der Waals surface area contributed by atoms with Gasteiger partial charge in [-0.3, -0.25) is 4.90 Å². The molecule has 6 nitrogen and oxygen atoms in total. The van der Waals surface area contributed by atoms with Crippen molar-refractivity contribution in [3.8, 4) is 0 Å². The summed E-state index contributed by atoms with van der Waals surface area (Å²) in [5.41, 5.74) is -0.618. The number of carboxylic acid groups (broad SMARTS) is 1. The molecule has 5 atom stereocenters. The van der Waals surface area contributed by atoms with Gasteiger partial charge in [0.25, 0.3) is 0 Å². The van der Waals surface area contributed by atoms with Gasteiger partial charge in [0, 0.05) is 18.4 Å². The molecule has 1 N–H and O–H groups in total. The molecule has 20 heavy (non-hydrogen) atoms. The van der Waals surface area contributed by atoms with Crippen molar-refractivity contribution in [1.29, 1.82) is 0 Å². The van der Waals surface area contributed by atoms with Crippen molar-refractivity contribution in [2.45, 2.75) is 57.5 Å². The number of carboxylic acids is 1. The number of carbonyl (C=O) groups excluding carboxylic acids is 1. The molecule has 0 aromatic carbocycles. The van der Waals surface area contributed by atoms with Gasteiger partial charge in [0.1, 0.15) is 11.6 Å². The monoisotopic (exact) mass is 283 g/mol. The SMILES string of the molecule is CC(C)(C)OC(=O)N1C[C@H]2[C@H]([C@@H]3CC[C@H]2O3)[C@H]1C(=O)O. The van der Waals surface area contributed by atoms with E-state index in [-0.39, 0.29) is 24.0 Å². The molecule has 0 aliphatic carbocycles. The summed E-state index contributed by atoms with van der Waals surface area (Å²) in [6.45, 7) is 5.77. The van der Waals surface area contributed by atoms with Crippen LogP contribution in [0.4, 0.5) is 4.79 Å². The highest BCUT2D eigenvalue weighted by Gasteiger charge is 2.61. The number of likely N-dealkylation sites (tertiary alicyclic amines) is 1. The van der Waals surface area contributed by atoms with Crippen molar-refractivity contribution in [3.63, 3.8) is 0 Å². The van der Waals surface area contributed by atoms with Crippen LogP contribution in [0.15, 0.2) is 0 Å². The number of rotatable bonds is 1. The molecule has 3 fully saturated rings. The van der Waals surface area contributed by atoms with Crippen molar-refractivity contribution >= 4 is 12.1 Å². The van der Waals surface area contributed by atoms with Crippen molar-refractivity contribution in [3.05, 3.63) is 0 Å². The number of carbonyl (C=O) groups is 2. The summed E-state index contributed by atoms with van der Waals surface area (Å²) in [6, 6.07) is -0.815. The molecule has 112 valence electrons. The second kappa shape index (κ2) is 4.35. The molecule has 0 unspecified atom stereocenters. The molecule has 3 saturated heterocycles. The Kier molecular flexibility index (Phi) is 2.97. The highest BCUT2D eigenvalue weighted by Crippen LogP contribution is 2.50. The number of hydrogen-bond donors (Lipinski definition) is 1. The van der Waals surface area contributed by atoms with Crippen LogP contribution < -0.4 is 0 Å². The van der Waals surface area contributed by atoms with Gasteiger partial charge >= 0.3 is 12.1 Å². The highest BCUT2D eigenvalue weighted by atomic mass is 16.6. The summed E-state index contributed by atoms with van der Waals surface area (Å²) >= 11 is 0. The van der Waals surface area contributed by atoms with E-state index in [1.165, 1.54) is 4.90 Å². The predicted octanol–water partition coefficient (Wildman–Crippen LogP) is 1.48. The number of amides is 1. The van der Waals surface area contributed by atoms with Gasteiger partial charge in [-0.25, -0.2) is 9.59 Å². The average molecular weight is 283 g/mol. The summed E-state index contributed by atoms with van der Waals surface area (Å²) in [5, 5.41) is 9.50. The molecule has 3 aliphatic heterocycles. The Labute approximate surface area is 118 Å². The van der Waals surface area contributed by atoms with E-state index in [0.29, 0.717) is 6.54 Å². The maximum atomic E-state index is 12.2. The third-order valence-corrected chi connectivity index (χ3v) is 4.48. The van der Waals surface area contributed by atoms with Crippen LogP contribution in [0.25, 0.3) is 0 Å². The van der Waals surface area contributed by atoms with Crippen LogP contribution in [-0.4, -0.2) is 52.5 Å². The third kappa shape index (κ3) is 2.06. The van der Waals surface area contributed by atoms with Crippen LogP contribution >= 0.6 is 0 Å². The lowest BCUT2D eigenvalue weighted by Gasteiger charge is -2.29. The Bertz CT molecular complexity index is 443. The Hall–Kier alpha value is -1.30. The van der Waals surface area contributed by atoms with Gasteiger partial charge in [-0.05, 0) is 33.6 Å². The molecule has 1 amide bonds. The standard InChI is InChI=1S/C14H21NO5/c1-14(2,3)20-13(18)15-6-7-8-4-5-9(19-8)10(7)11(15)12(16)17/h7-11H,4-6H2,1-3H3,(H,16,17)/t7-,8-,9+,10-,11+/m1/s1. The van der Waals surface area contributed by atoms with E-state index in [1.54, 1.807) is 20.8 Å². The van der Waals surface area contributed by atoms with Gasteiger partial charge in [-0.15, -0.1) is 0 Å². The maximum absolute atomic E-state index is 12.2. The van der Waals surface area contributed by atoms with Crippen LogP contribution in [0.3, 0.4) is 0 Å². The first-order valence-corrected chi connectivity index (χ1v) is 7.16. The smallest absolute Gasteiger partial charge is 0.411 e. The summed E-state index contributed by atoms with van der Waals surface area (Å²) < 4.78 is 11.1. The average Bonchev–Trinajstić information content (AvgIpc) is 2.97. The normalized spacial score (nSPS) is 39.0. The lowest BCUT2D eigenvalue weighted by atomic mass is 9.78. The van der Waals surface area contributed by atoms with Crippen LogP contribution in [-0.2, 0) is 14.3 Å². The Morgan fingerprint density at radius 2 is 1.90 bits per heavy atom. The van der Waals surface area contributed by atoms with Crippen LogP contribution in [0, 0.1) is 11.8 Å². The van der Waals surface area contributed by atoms with E-state index in [0.717, 1.165) is 12.8 Å². The molecule has 0 aromatic heterocycles. The quantitative estimate of drug-likeness (QED) is 0.789. The fourth-order valence-corrected chi connectivity index (χ4v) is 3.84. The van der Waals surface area contributed by atoms with Gasteiger partial charge in [0.2, 0.25) is 0 Å². The predicted molar refractivity (Wildman–Crippen MR) is 69.2 cm³/mol. The summed E-state index contributed by atoms with van der Waals surface area (Å²) in [7, 11) is 0. The number of aliphatic carboxylic acids is 1. The molecule has 3 heterocycles. The largest absolute Gasteiger partial charge is 0.480 e. The van der Waals surface area contributed by atoms with Gasteiger partial charge in [-0.2, -0.15) is 0 Å².